The van der Waals surface area contributed by atoms with E-state index in [0.29, 0.717) is 0 Å². The highest BCUT2D eigenvalue weighted by atomic mass is 79.9. The molecule has 1 nitrogen and oxygen atoms in total. The molecular weight excluding hydrogens is 442 g/mol. The molecule has 0 amide bonds. The highest BCUT2D eigenvalue weighted by Crippen LogP contribution is 2.18. The standard InChI is InChI=1S/C29H61N.BrH/c1-5-7-9-11-13-14-15-16-17-18-19-20-22-24-26-28-29(30(3)4)27-25-23-21-12-10-8-6-2;/h29H,5-28H2,1-4H3;1H. The summed E-state index contributed by atoms with van der Waals surface area (Å²) in [6, 6.07) is 0.822. The third kappa shape index (κ3) is 26.6. The lowest BCUT2D eigenvalue weighted by atomic mass is 9.99. The minimum absolute atomic E-state index is 0. The molecule has 1 atom stereocenters. The quantitative estimate of drug-likeness (QED) is 0.112. The molecule has 1 unspecified atom stereocenters. The lowest BCUT2D eigenvalue weighted by molar-refractivity contribution is 0.251. The van der Waals surface area contributed by atoms with Crippen LogP contribution in [0.25, 0.3) is 0 Å². The van der Waals surface area contributed by atoms with Gasteiger partial charge in [0.05, 0.1) is 0 Å². The van der Waals surface area contributed by atoms with Crippen LogP contribution in [-0.2, 0) is 0 Å². The Morgan fingerprint density at radius 3 is 0.839 bits per heavy atom. The molecule has 0 saturated heterocycles. The topological polar surface area (TPSA) is 3.24 Å². The van der Waals surface area contributed by atoms with Gasteiger partial charge in [0.15, 0.2) is 0 Å². The minimum atomic E-state index is 0. The van der Waals surface area contributed by atoms with Crippen LogP contribution in [0.1, 0.15) is 168 Å². The van der Waals surface area contributed by atoms with E-state index in [1.807, 2.05) is 0 Å². The third-order valence-electron chi connectivity index (χ3n) is 7.01. The summed E-state index contributed by atoms with van der Waals surface area (Å²) in [5, 5.41) is 0. The van der Waals surface area contributed by atoms with Crippen LogP contribution >= 0.6 is 17.0 Å². The van der Waals surface area contributed by atoms with Crippen LogP contribution in [0.3, 0.4) is 0 Å². The summed E-state index contributed by atoms with van der Waals surface area (Å²) >= 11 is 0. The second kappa shape index (κ2) is 28.5. The first-order valence-corrected chi connectivity index (χ1v) is 14.4. The molecule has 2 heteroatoms. The van der Waals surface area contributed by atoms with Crippen molar-refractivity contribution in [2.24, 2.45) is 0 Å². The zero-order valence-corrected chi connectivity index (χ0v) is 24.1. The van der Waals surface area contributed by atoms with Crippen molar-refractivity contribution in [3.63, 3.8) is 0 Å². The lowest BCUT2D eigenvalue weighted by Gasteiger charge is -2.24. The van der Waals surface area contributed by atoms with Crippen molar-refractivity contribution < 1.29 is 0 Å². The Kier molecular flexibility index (Phi) is 30.9. The van der Waals surface area contributed by atoms with E-state index >= 15 is 0 Å². The molecule has 0 aromatic carbocycles. The predicted molar refractivity (Wildman–Crippen MR) is 150 cm³/mol. The van der Waals surface area contributed by atoms with Gasteiger partial charge in [-0.05, 0) is 26.9 Å². The van der Waals surface area contributed by atoms with Crippen LogP contribution in [-0.4, -0.2) is 25.0 Å². The van der Waals surface area contributed by atoms with Crippen molar-refractivity contribution in [2.45, 2.75) is 174 Å². The van der Waals surface area contributed by atoms with E-state index in [-0.39, 0.29) is 17.0 Å². The number of rotatable bonds is 25. The van der Waals surface area contributed by atoms with Crippen molar-refractivity contribution in [1.82, 2.24) is 4.90 Å². The zero-order chi connectivity index (χ0) is 22.1. The molecule has 0 saturated carbocycles. The average Bonchev–Trinajstić information content (AvgIpc) is 2.74. The largest absolute Gasteiger partial charge is 0.306 e. The maximum absolute atomic E-state index is 2.49. The summed E-state index contributed by atoms with van der Waals surface area (Å²) < 4.78 is 0. The Bertz CT molecular complexity index is 305. The number of nitrogens with zero attached hydrogens (tertiary/aromatic N) is 1. The normalized spacial score (nSPS) is 12.3. The summed E-state index contributed by atoms with van der Waals surface area (Å²) in [6.45, 7) is 4.61. The molecule has 0 N–H and O–H groups in total. The molecule has 0 rings (SSSR count). The molecule has 0 aromatic rings. The Labute approximate surface area is 209 Å². The molecule has 0 aromatic heterocycles. The van der Waals surface area contributed by atoms with Gasteiger partial charge >= 0.3 is 0 Å². The molecule has 0 aliphatic rings. The second-order valence-electron chi connectivity index (χ2n) is 10.3. The van der Waals surface area contributed by atoms with E-state index < -0.39 is 0 Å². The molecule has 0 aliphatic carbocycles. The van der Waals surface area contributed by atoms with Gasteiger partial charge < -0.3 is 4.90 Å². The Morgan fingerprint density at radius 2 is 0.613 bits per heavy atom. The van der Waals surface area contributed by atoms with E-state index in [1.165, 1.54) is 154 Å². The van der Waals surface area contributed by atoms with Gasteiger partial charge in [0.25, 0.3) is 0 Å². The molecule has 190 valence electrons. The van der Waals surface area contributed by atoms with Gasteiger partial charge in [-0.3, -0.25) is 0 Å². The fraction of sp³-hybridized carbons (Fsp3) is 1.00. The number of hydrogen-bond acceptors (Lipinski definition) is 1. The third-order valence-corrected chi connectivity index (χ3v) is 7.01. The van der Waals surface area contributed by atoms with E-state index in [9.17, 15) is 0 Å². The molecule has 0 spiro atoms. The first kappa shape index (κ1) is 33.6. The van der Waals surface area contributed by atoms with E-state index in [4.69, 9.17) is 0 Å². The van der Waals surface area contributed by atoms with Crippen molar-refractivity contribution in [3.05, 3.63) is 0 Å². The van der Waals surface area contributed by atoms with Gasteiger partial charge in [-0.15, -0.1) is 17.0 Å². The number of halogens is 1. The highest BCUT2D eigenvalue weighted by molar-refractivity contribution is 8.93. The molecule has 0 radical (unpaired) electrons. The van der Waals surface area contributed by atoms with Gasteiger partial charge in [-0.25, -0.2) is 0 Å². The average molecular weight is 505 g/mol. The minimum Gasteiger partial charge on any atom is -0.306 e. The second-order valence-corrected chi connectivity index (χ2v) is 10.3. The summed E-state index contributed by atoms with van der Waals surface area (Å²) in [5.74, 6) is 0. The molecular formula is C29H62BrN. The predicted octanol–water partition coefficient (Wildman–Crippen LogP) is 10.9. The highest BCUT2D eigenvalue weighted by Gasteiger charge is 2.10. The molecule has 31 heavy (non-hydrogen) atoms. The first-order valence-electron chi connectivity index (χ1n) is 14.4. The van der Waals surface area contributed by atoms with Crippen LogP contribution in [0.4, 0.5) is 0 Å². The van der Waals surface area contributed by atoms with Crippen LogP contribution in [0.2, 0.25) is 0 Å². The number of unbranched alkanes of at least 4 members (excludes halogenated alkanes) is 20. The molecule has 0 bridgehead atoms. The smallest absolute Gasteiger partial charge is 0.00891 e. The van der Waals surface area contributed by atoms with E-state index in [0.717, 1.165) is 6.04 Å². The van der Waals surface area contributed by atoms with Crippen LogP contribution < -0.4 is 0 Å². The van der Waals surface area contributed by atoms with Crippen molar-refractivity contribution >= 4 is 17.0 Å². The van der Waals surface area contributed by atoms with Gasteiger partial charge in [-0.1, -0.05) is 155 Å². The van der Waals surface area contributed by atoms with Crippen molar-refractivity contribution in [3.8, 4) is 0 Å². The fourth-order valence-electron chi connectivity index (χ4n) is 4.75. The summed E-state index contributed by atoms with van der Waals surface area (Å²) in [6.07, 6.45) is 34.8. The monoisotopic (exact) mass is 503 g/mol. The maximum Gasteiger partial charge on any atom is 0.00891 e. The molecule has 0 fully saturated rings. The maximum atomic E-state index is 2.49. The van der Waals surface area contributed by atoms with Crippen LogP contribution in [0.15, 0.2) is 0 Å². The van der Waals surface area contributed by atoms with E-state index in [2.05, 4.69) is 32.8 Å². The van der Waals surface area contributed by atoms with Crippen LogP contribution in [0.5, 0.6) is 0 Å². The van der Waals surface area contributed by atoms with Gasteiger partial charge in [0, 0.05) is 6.04 Å². The zero-order valence-electron chi connectivity index (χ0n) is 22.4. The summed E-state index contributed by atoms with van der Waals surface area (Å²) in [4.78, 5) is 2.49. The van der Waals surface area contributed by atoms with Gasteiger partial charge in [0.1, 0.15) is 0 Å². The molecule has 0 heterocycles. The summed E-state index contributed by atoms with van der Waals surface area (Å²) in [7, 11) is 4.58. The van der Waals surface area contributed by atoms with Gasteiger partial charge in [-0.2, -0.15) is 0 Å². The fourth-order valence-corrected chi connectivity index (χ4v) is 4.75. The Hall–Kier alpha value is 0.440. The number of hydrogen-bond donors (Lipinski definition) is 0. The van der Waals surface area contributed by atoms with Crippen LogP contribution in [0, 0.1) is 0 Å². The van der Waals surface area contributed by atoms with Crippen molar-refractivity contribution in [1.29, 1.82) is 0 Å². The Balaban J connectivity index is 0. The van der Waals surface area contributed by atoms with Gasteiger partial charge in [0.2, 0.25) is 0 Å². The Morgan fingerprint density at radius 1 is 0.387 bits per heavy atom. The van der Waals surface area contributed by atoms with E-state index in [1.54, 1.807) is 0 Å². The first-order chi connectivity index (χ1) is 14.7. The molecule has 0 aliphatic heterocycles. The summed E-state index contributed by atoms with van der Waals surface area (Å²) in [5.41, 5.74) is 0. The van der Waals surface area contributed by atoms with Crippen molar-refractivity contribution in [2.75, 3.05) is 14.1 Å². The lowest BCUT2D eigenvalue weighted by Crippen LogP contribution is -2.27. The SMILES string of the molecule is Br.CCCCCCCCCCCCCCCCCC(CCCCCCCCC)N(C)C.